The number of fused-ring (bicyclic) bond motifs is 1. The maximum absolute atomic E-state index is 13.5. The van der Waals surface area contributed by atoms with E-state index < -0.39 is 5.82 Å². The molecule has 108 valence electrons. The average molecular weight is 416 g/mol. The first-order chi connectivity index (χ1) is 10.1. The fraction of sp³-hybridized carbons (Fsp3) is 0.188. The monoisotopic (exact) mass is 415 g/mol. The Morgan fingerprint density at radius 2 is 2.10 bits per heavy atom. The van der Waals surface area contributed by atoms with Crippen molar-refractivity contribution in [1.29, 1.82) is 0 Å². The van der Waals surface area contributed by atoms with Gasteiger partial charge in [0, 0.05) is 22.2 Å². The summed E-state index contributed by atoms with van der Waals surface area (Å²) in [5.74, 6) is -0.469. The lowest BCUT2D eigenvalue weighted by Crippen LogP contribution is -2.37. The second-order valence-corrected chi connectivity index (χ2v) is 6.61. The van der Waals surface area contributed by atoms with Gasteiger partial charge in [-0.25, -0.2) is 4.39 Å². The number of benzene rings is 2. The highest BCUT2D eigenvalue weighted by atomic mass is 127. The van der Waals surface area contributed by atoms with Crippen molar-refractivity contribution in [2.45, 2.75) is 13.0 Å². The molecule has 0 aromatic heterocycles. The summed E-state index contributed by atoms with van der Waals surface area (Å²) in [6.45, 7) is 0.958. The zero-order valence-electron chi connectivity index (χ0n) is 11.1. The van der Waals surface area contributed by atoms with Crippen LogP contribution in [0.25, 0.3) is 0 Å². The van der Waals surface area contributed by atoms with Gasteiger partial charge in [0.2, 0.25) is 0 Å². The topological polar surface area (TPSA) is 20.3 Å². The Bertz CT molecular complexity index is 719. The molecule has 0 unspecified atom stereocenters. The van der Waals surface area contributed by atoms with E-state index >= 15 is 0 Å². The Balaban J connectivity index is 1.88. The van der Waals surface area contributed by atoms with Gasteiger partial charge in [-0.15, -0.1) is 0 Å². The molecule has 3 rings (SSSR count). The molecule has 21 heavy (non-hydrogen) atoms. The summed E-state index contributed by atoms with van der Waals surface area (Å²) in [4.78, 5) is 14.3. The zero-order chi connectivity index (χ0) is 15.0. The van der Waals surface area contributed by atoms with Crippen LogP contribution in [0.5, 0.6) is 0 Å². The van der Waals surface area contributed by atoms with Gasteiger partial charge in [0.05, 0.1) is 5.02 Å². The molecule has 1 aliphatic rings. The number of hydrogen-bond acceptors (Lipinski definition) is 1. The second-order valence-electron chi connectivity index (χ2n) is 4.99. The molecule has 1 amide bonds. The molecular formula is C16H12ClFINO. The highest BCUT2D eigenvalue weighted by Gasteiger charge is 2.25. The van der Waals surface area contributed by atoms with Crippen LogP contribution in [0, 0.1) is 9.39 Å². The minimum Gasteiger partial charge on any atom is -0.334 e. The largest absolute Gasteiger partial charge is 0.334 e. The Morgan fingerprint density at radius 3 is 2.90 bits per heavy atom. The molecule has 2 aromatic rings. The normalized spacial score (nSPS) is 14.2. The predicted molar refractivity (Wildman–Crippen MR) is 89.0 cm³/mol. The lowest BCUT2D eigenvalue weighted by molar-refractivity contribution is 0.0727. The van der Waals surface area contributed by atoms with Gasteiger partial charge in [0.15, 0.2) is 0 Å². The Hall–Kier alpha value is -1.14. The summed E-state index contributed by atoms with van der Waals surface area (Å²) in [5.41, 5.74) is 2.45. The molecule has 2 aromatic carbocycles. The van der Waals surface area contributed by atoms with Crippen molar-refractivity contribution in [2.24, 2.45) is 0 Å². The molecule has 0 fully saturated rings. The number of nitrogens with zero attached hydrogens (tertiary/aromatic N) is 1. The maximum Gasteiger partial charge on any atom is 0.254 e. The van der Waals surface area contributed by atoms with Crippen LogP contribution in [0.1, 0.15) is 21.5 Å². The summed E-state index contributed by atoms with van der Waals surface area (Å²) in [6.07, 6.45) is 0.810. The van der Waals surface area contributed by atoms with Crippen LogP contribution in [0.4, 0.5) is 4.39 Å². The van der Waals surface area contributed by atoms with E-state index in [0.717, 1.165) is 21.1 Å². The second kappa shape index (κ2) is 5.93. The predicted octanol–water partition coefficient (Wildman–Crippen LogP) is 4.28. The van der Waals surface area contributed by atoms with Gasteiger partial charge in [0.1, 0.15) is 5.82 Å². The highest BCUT2D eigenvalue weighted by Crippen LogP contribution is 2.25. The fourth-order valence-electron chi connectivity index (χ4n) is 2.52. The molecule has 0 N–H and O–H groups in total. The molecule has 2 nitrogen and oxygen atoms in total. The standard InChI is InChI=1S/C16H12ClFINO/c17-15-11(2-1-3-14(15)18)9-20-7-6-10-4-5-12(19)8-13(10)16(20)21/h1-5,8H,6-7,9H2. The minimum atomic E-state index is -0.450. The molecule has 0 radical (unpaired) electrons. The molecule has 0 saturated carbocycles. The van der Waals surface area contributed by atoms with E-state index in [4.69, 9.17) is 11.6 Å². The van der Waals surface area contributed by atoms with Crippen LogP contribution in [-0.2, 0) is 13.0 Å². The van der Waals surface area contributed by atoms with Gasteiger partial charge in [0.25, 0.3) is 5.91 Å². The molecule has 1 aliphatic heterocycles. The third-order valence-corrected chi connectivity index (χ3v) is 4.73. The SMILES string of the molecule is O=C1c2cc(I)ccc2CCN1Cc1cccc(F)c1Cl. The number of carbonyl (C=O) groups is 1. The maximum atomic E-state index is 13.5. The summed E-state index contributed by atoms with van der Waals surface area (Å²) in [7, 11) is 0. The molecule has 0 atom stereocenters. The molecule has 0 bridgehead atoms. The van der Waals surface area contributed by atoms with E-state index in [9.17, 15) is 9.18 Å². The van der Waals surface area contributed by atoms with Gasteiger partial charge in [-0.3, -0.25) is 4.79 Å². The number of hydrogen-bond donors (Lipinski definition) is 0. The van der Waals surface area contributed by atoms with Crippen molar-refractivity contribution in [1.82, 2.24) is 4.90 Å². The van der Waals surface area contributed by atoms with Gasteiger partial charge in [-0.05, 0) is 58.3 Å². The number of carbonyl (C=O) groups excluding carboxylic acids is 1. The van der Waals surface area contributed by atoms with Gasteiger partial charge in [-0.1, -0.05) is 29.8 Å². The lowest BCUT2D eigenvalue weighted by Gasteiger charge is -2.29. The first kappa shape index (κ1) is 14.8. The Morgan fingerprint density at radius 1 is 1.29 bits per heavy atom. The molecule has 0 spiro atoms. The molecule has 1 heterocycles. The zero-order valence-corrected chi connectivity index (χ0v) is 14.0. The van der Waals surface area contributed by atoms with Crippen molar-refractivity contribution in [2.75, 3.05) is 6.54 Å². The summed E-state index contributed by atoms with van der Waals surface area (Å²) >= 11 is 8.17. The first-order valence-electron chi connectivity index (χ1n) is 6.57. The van der Waals surface area contributed by atoms with Gasteiger partial charge < -0.3 is 4.90 Å². The molecule has 5 heteroatoms. The van der Waals surface area contributed by atoms with Crippen molar-refractivity contribution < 1.29 is 9.18 Å². The Kier molecular flexibility index (Phi) is 4.17. The van der Waals surface area contributed by atoms with Crippen LogP contribution in [0.2, 0.25) is 5.02 Å². The van der Waals surface area contributed by atoms with Crippen LogP contribution in [0.3, 0.4) is 0 Å². The van der Waals surface area contributed by atoms with Crippen molar-refractivity contribution in [3.8, 4) is 0 Å². The third-order valence-electron chi connectivity index (χ3n) is 3.63. The smallest absolute Gasteiger partial charge is 0.254 e. The molecule has 0 saturated heterocycles. The third kappa shape index (κ3) is 2.92. The van der Waals surface area contributed by atoms with Crippen LogP contribution in [0.15, 0.2) is 36.4 Å². The van der Waals surface area contributed by atoms with E-state index in [1.54, 1.807) is 17.0 Å². The van der Waals surface area contributed by atoms with E-state index in [0.29, 0.717) is 18.7 Å². The van der Waals surface area contributed by atoms with E-state index in [1.807, 2.05) is 18.2 Å². The lowest BCUT2D eigenvalue weighted by atomic mass is 9.98. The average Bonchev–Trinajstić information content (AvgIpc) is 2.47. The Labute approximate surface area is 141 Å². The molecule has 0 aliphatic carbocycles. The molecular weight excluding hydrogens is 404 g/mol. The van der Waals surface area contributed by atoms with E-state index in [-0.39, 0.29) is 10.9 Å². The van der Waals surface area contributed by atoms with Crippen LogP contribution >= 0.6 is 34.2 Å². The van der Waals surface area contributed by atoms with Crippen LogP contribution in [-0.4, -0.2) is 17.4 Å². The number of rotatable bonds is 2. The van der Waals surface area contributed by atoms with Crippen molar-refractivity contribution in [3.63, 3.8) is 0 Å². The van der Waals surface area contributed by atoms with Gasteiger partial charge in [-0.2, -0.15) is 0 Å². The quantitative estimate of drug-likeness (QED) is 0.671. The van der Waals surface area contributed by atoms with Crippen molar-refractivity contribution >= 4 is 40.1 Å². The summed E-state index contributed by atoms with van der Waals surface area (Å²) < 4.78 is 14.5. The van der Waals surface area contributed by atoms with Crippen molar-refractivity contribution in [3.05, 3.63) is 67.5 Å². The number of halogens is 3. The fourth-order valence-corrected chi connectivity index (χ4v) is 3.20. The summed E-state index contributed by atoms with van der Waals surface area (Å²) in [5, 5.41) is 0.0961. The van der Waals surface area contributed by atoms with Crippen LogP contribution < -0.4 is 0 Å². The number of amides is 1. The van der Waals surface area contributed by atoms with Gasteiger partial charge >= 0.3 is 0 Å². The van der Waals surface area contributed by atoms with E-state index in [2.05, 4.69) is 22.6 Å². The van der Waals surface area contributed by atoms with E-state index in [1.165, 1.54) is 6.07 Å². The summed E-state index contributed by atoms with van der Waals surface area (Å²) in [6, 6.07) is 10.6. The first-order valence-corrected chi connectivity index (χ1v) is 8.02. The minimum absolute atomic E-state index is 0.0184. The highest BCUT2D eigenvalue weighted by molar-refractivity contribution is 14.1.